The lowest BCUT2D eigenvalue weighted by molar-refractivity contribution is 0.0987. The number of nitrogens with one attached hydrogen (secondary N) is 2. The van der Waals surface area contributed by atoms with E-state index >= 15 is 0 Å². The third-order valence-electron chi connectivity index (χ3n) is 3.88. The molecule has 2 aromatic heterocycles. The number of carbonyl (C=O) groups is 1. The summed E-state index contributed by atoms with van der Waals surface area (Å²) < 4.78 is 10.5. The molecule has 0 radical (unpaired) electrons. The van der Waals surface area contributed by atoms with Gasteiger partial charge in [-0.05, 0) is 12.1 Å². The monoisotopic (exact) mass is 318 g/mol. The molecule has 122 valence electrons. The highest BCUT2D eigenvalue weighted by Gasteiger charge is 2.37. The number of likely N-dealkylation sites (tertiary alicyclic amines) is 1. The number of aromatic nitrogens is 4. The molecule has 1 aliphatic heterocycles. The van der Waals surface area contributed by atoms with Crippen LogP contribution in [0.25, 0.3) is 0 Å². The fourth-order valence-corrected chi connectivity index (χ4v) is 2.62. The Hall–Kier alpha value is -2.68. The van der Waals surface area contributed by atoms with Crippen LogP contribution < -0.4 is 10.1 Å². The van der Waals surface area contributed by atoms with Gasteiger partial charge in [-0.2, -0.15) is 15.4 Å². The molecule has 2 atom stereocenters. The molecule has 3 rings (SSSR count). The highest BCUT2D eigenvalue weighted by atomic mass is 16.5. The summed E-state index contributed by atoms with van der Waals surface area (Å²) in [6.45, 7) is 0.989. The zero-order valence-electron chi connectivity index (χ0n) is 12.9. The van der Waals surface area contributed by atoms with Gasteiger partial charge in [0.2, 0.25) is 0 Å². The number of hydrogen-bond donors (Lipinski definition) is 2. The van der Waals surface area contributed by atoms with Gasteiger partial charge in [0.25, 0.3) is 0 Å². The highest BCUT2D eigenvalue weighted by molar-refractivity contribution is 5.88. The normalized spacial score (nSPS) is 20.5. The zero-order chi connectivity index (χ0) is 16.2. The van der Waals surface area contributed by atoms with Crippen molar-refractivity contribution in [1.82, 2.24) is 25.3 Å². The molecular weight excluding hydrogens is 300 g/mol. The molecular formula is C14H18N6O3. The lowest BCUT2D eigenvalue weighted by atomic mass is 10.0. The molecule has 0 spiro atoms. The van der Waals surface area contributed by atoms with E-state index in [-0.39, 0.29) is 18.1 Å². The molecule has 0 aromatic carbocycles. The van der Waals surface area contributed by atoms with E-state index in [1.165, 1.54) is 0 Å². The van der Waals surface area contributed by atoms with Gasteiger partial charge in [0.1, 0.15) is 11.6 Å². The SMILES string of the molecule is COc1ccc(NC(=O)N2C[C@@H](OC)[C@H](c3cn[nH]n3)C2)nc1. The van der Waals surface area contributed by atoms with Crippen molar-refractivity contribution in [1.29, 1.82) is 0 Å². The van der Waals surface area contributed by atoms with Crippen LogP contribution in [0.5, 0.6) is 5.75 Å². The smallest absolute Gasteiger partial charge is 0.323 e. The molecule has 0 saturated carbocycles. The first-order valence-corrected chi connectivity index (χ1v) is 7.15. The van der Waals surface area contributed by atoms with Crippen LogP contribution in [0.1, 0.15) is 11.6 Å². The Bertz CT molecular complexity index is 645. The van der Waals surface area contributed by atoms with Crippen LogP contribution in [0.4, 0.5) is 10.6 Å². The third-order valence-corrected chi connectivity index (χ3v) is 3.88. The predicted molar refractivity (Wildman–Crippen MR) is 81.3 cm³/mol. The number of hydrogen-bond acceptors (Lipinski definition) is 6. The second kappa shape index (κ2) is 6.61. The van der Waals surface area contributed by atoms with Gasteiger partial charge in [-0.3, -0.25) is 5.32 Å². The van der Waals surface area contributed by atoms with Gasteiger partial charge >= 0.3 is 6.03 Å². The summed E-state index contributed by atoms with van der Waals surface area (Å²) >= 11 is 0. The van der Waals surface area contributed by atoms with E-state index in [4.69, 9.17) is 9.47 Å². The second-order valence-electron chi connectivity index (χ2n) is 5.19. The molecule has 0 aliphatic carbocycles. The van der Waals surface area contributed by atoms with Gasteiger partial charge in [-0.1, -0.05) is 0 Å². The van der Waals surface area contributed by atoms with E-state index in [0.717, 1.165) is 5.69 Å². The average molecular weight is 318 g/mol. The van der Waals surface area contributed by atoms with Crippen molar-refractivity contribution in [3.8, 4) is 5.75 Å². The Labute approximate surface area is 133 Å². The van der Waals surface area contributed by atoms with Crippen LogP contribution in [0.15, 0.2) is 24.5 Å². The van der Waals surface area contributed by atoms with Crippen LogP contribution in [-0.2, 0) is 4.74 Å². The zero-order valence-corrected chi connectivity index (χ0v) is 12.9. The van der Waals surface area contributed by atoms with E-state index in [2.05, 4.69) is 25.7 Å². The lowest BCUT2D eigenvalue weighted by Gasteiger charge is -2.16. The molecule has 9 heteroatoms. The summed E-state index contributed by atoms with van der Waals surface area (Å²) in [4.78, 5) is 18.2. The largest absolute Gasteiger partial charge is 0.495 e. The number of carbonyl (C=O) groups excluding carboxylic acids is 1. The fourth-order valence-electron chi connectivity index (χ4n) is 2.62. The van der Waals surface area contributed by atoms with Gasteiger partial charge in [0.05, 0.1) is 37.2 Å². The first kappa shape index (κ1) is 15.2. The number of amides is 2. The molecule has 9 nitrogen and oxygen atoms in total. The molecule has 3 heterocycles. The summed E-state index contributed by atoms with van der Waals surface area (Å²) in [5.74, 6) is 1.10. The van der Waals surface area contributed by atoms with Crippen molar-refractivity contribution in [2.75, 3.05) is 32.6 Å². The average Bonchev–Trinajstić information content (AvgIpc) is 3.24. The van der Waals surface area contributed by atoms with E-state index in [1.807, 2.05) is 0 Å². The molecule has 1 saturated heterocycles. The van der Waals surface area contributed by atoms with Crippen molar-refractivity contribution in [2.24, 2.45) is 0 Å². The van der Waals surface area contributed by atoms with E-state index < -0.39 is 0 Å². The number of nitrogens with zero attached hydrogens (tertiary/aromatic N) is 4. The van der Waals surface area contributed by atoms with Gasteiger partial charge in [-0.15, -0.1) is 0 Å². The van der Waals surface area contributed by atoms with Gasteiger partial charge in [0, 0.05) is 20.2 Å². The minimum atomic E-state index is -0.226. The molecule has 2 amide bonds. The molecule has 1 fully saturated rings. The van der Waals surface area contributed by atoms with Crippen LogP contribution in [0.2, 0.25) is 0 Å². The molecule has 1 aliphatic rings. The summed E-state index contributed by atoms with van der Waals surface area (Å²) in [7, 11) is 3.19. The number of rotatable bonds is 4. The van der Waals surface area contributed by atoms with E-state index in [9.17, 15) is 4.79 Å². The minimum Gasteiger partial charge on any atom is -0.495 e. The van der Waals surface area contributed by atoms with Crippen molar-refractivity contribution in [3.63, 3.8) is 0 Å². The van der Waals surface area contributed by atoms with Gasteiger partial charge < -0.3 is 14.4 Å². The maximum Gasteiger partial charge on any atom is 0.323 e. The van der Waals surface area contributed by atoms with Gasteiger partial charge in [0.15, 0.2) is 0 Å². The Kier molecular flexibility index (Phi) is 4.38. The minimum absolute atomic E-state index is 0.00618. The van der Waals surface area contributed by atoms with Crippen LogP contribution >= 0.6 is 0 Å². The number of urea groups is 1. The number of aromatic amines is 1. The first-order chi connectivity index (χ1) is 11.2. The second-order valence-corrected chi connectivity index (χ2v) is 5.19. The van der Waals surface area contributed by atoms with Gasteiger partial charge in [-0.25, -0.2) is 9.78 Å². The maximum absolute atomic E-state index is 12.4. The third kappa shape index (κ3) is 3.24. The van der Waals surface area contributed by atoms with Crippen molar-refractivity contribution in [2.45, 2.75) is 12.0 Å². The summed E-state index contributed by atoms with van der Waals surface area (Å²) in [6.07, 6.45) is 3.09. The maximum atomic E-state index is 12.4. The number of pyridine rings is 1. The number of anilines is 1. The Morgan fingerprint density at radius 2 is 2.22 bits per heavy atom. The van der Waals surface area contributed by atoms with Crippen LogP contribution in [0, 0.1) is 0 Å². The van der Waals surface area contributed by atoms with Crippen LogP contribution in [-0.4, -0.2) is 64.7 Å². The Morgan fingerprint density at radius 3 is 2.83 bits per heavy atom. The topological polar surface area (TPSA) is 105 Å². The standard InChI is InChI=1S/C14H18N6O3/c1-22-9-3-4-13(15-5-9)17-14(21)20-7-10(12(8-20)23-2)11-6-16-19-18-11/h3-6,10,12H,7-8H2,1-2H3,(H,15,17,21)(H,16,18,19)/t10-,12+/m0/s1. The summed E-state index contributed by atoms with van der Waals surface area (Å²) in [5.41, 5.74) is 0.787. The lowest BCUT2D eigenvalue weighted by Crippen LogP contribution is -2.34. The number of ether oxygens (including phenoxy) is 2. The Balaban J connectivity index is 1.65. The molecule has 0 unspecified atom stereocenters. The van der Waals surface area contributed by atoms with E-state index in [1.54, 1.807) is 43.6 Å². The quantitative estimate of drug-likeness (QED) is 0.866. The van der Waals surface area contributed by atoms with Crippen molar-refractivity contribution in [3.05, 3.63) is 30.2 Å². The Morgan fingerprint density at radius 1 is 1.35 bits per heavy atom. The molecule has 2 N–H and O–H groups in total. The predicted octanol–water partition coefficient (Wildman–Crippen LogP) is 0.855. The molecule has 0 bridgehead atoms. The van der Waals surface area contributed by atoms with Crippen molar-refractivity contribution >= 4 is 11.8 Å². The summed E-state index contributed by atoms with van der Waals surface area (Å²) in [5, 5.41) is 13.3. The van der Waals surface area contributed by atoms with Crippen LogP contribution in [0.3, 0.4) is 0 Å². The molecule has 2 aromatic rings. The fraction of sp³-hybridized carbons (Fsp3) is 0.429. The first-order valence-electron chi connectivity index (χ1n) is 7.15. The summed E-state index contributed by atoms with van der Waals surface area (Å²) in [6, 6.07) is 3.20. The van der Waals surface area contributed by atoms with E-state index in [0.29, 0.717) is 24.7 Å². The highest BCUT2D eigenvalue weighted by Crippen LogP contribution is 2.28. The molecule has 23 heavy (non-hydrogen) atoms. The number of H-pyrrole nitrogens is 1. The van der Waals surface area contributed by atoms with Crippen molar-refractivity contribution < 1.29 is 14.3 Å². The number of methoxy groups -OCH3 is 2.